The molecule has 0 fully saturated rings. The van der Waals surface area contributed by atoms with E-state index in [1.54, 1.807) is 29.8 Å². The van der Waals surface area contributed by atoms with Crippen molar-refractivity contribution >= 4 is 23.5 Å². The first-order valence-corrected chi connectivity index (χ1v) is 11.0. The van der Waals surface area contributed by atoms with Crippen LogP contribution in [-0.4, -0.2) is 34.8 Å². The van der Waals surface area contributed by atoms with E-state index in [0.29, 0.717) is 23.6 Å². The maximum absolute atomic E-state index is 12.5. The first-order valence-electron chi connectivity index (χ1n) is 10.6. The molecule has 3 rings (SSSR count). The number of rotatable bonds is 7. The van der Waals surface area contributed by atoms with E-state index in [1.165, 1.54) is 0 Å². The summed E-state index contributed by atoms with van der Waals surface area (Å²) in [5, 5.41) is 8.07. The number of carbonyl (C=O) groups excluding carboxylic acids is 2. The summed E-state index contributed by atoms with van der Waals surface area (Å²) in [4.78, 5) is 24.7. The highest BCUT2D eigenvalue weighted by atomic mass is 35.5. The summed E-state index contributed by atoms with van der Waals surface area (Å²) in [5.74, 6) is -0.602. The molecule has 0 unspecified atom stereocenters. The number of ether oxygens (including phenoxy) is 1. The molecular formula is C25H28ClN3O3. The third kappa shape index (κ3) is 5.77. The second-order valence-corrected chi connectivity index (χ2v) is 8.92. The molecule has 0 aliphatic rings. The van der Waals surface area contributed by atoms with Crippen LogP contribution in [0.3, 0.4) is 0 Å². The lowest BCUT2D eigenvalue weighted by Crippen LogP contribution is -2.25. The maximum Gasteiger partial charge on any atom is 0.358 e. The Hall–Kier alpha value is -3.12. The van der Waals surface area contributed by atoms with Gasteiger partial charge in [0.05, 0.1) is 18.0 Å². The molecule has 7 heteroatoms. The van der Waals surface area contributed by atoms with Crippen molar-refractivity contribution in [3.63, 3.8) is 0 Å². The fourth-order valence-corrected chi connectivity index (χ4v) is 3.50. The number of hydrogen-bond acceptors (Lipinski definition) is 4. The lowest BCUT2D eigenvalue weighted by atomic mass is 9.91. The van der Waals surface area contributed by atoms with Gasteiger partial charge < -0.3 is 10.1 Å². The standard InChI is InChI=1S/C25H28ClN3O3/c1-5-32-24(31)21-16-22(25(2,3)4)29(28-21)20-11-9-18(10-12-20)23(30)27-14-13-17-7-6-8-19(26)15-17/h6-12,15-16H,5,13-14H2,1-4H3,(H,27,30). The molecule has 1 aromatic heterocycles. The van der Waals surface area contributed by atoms with Gasteiger partial charge in [-0.25, -0.2) is 9.48 Å². The van der Waals surface area contributed by atoms with Crippen LogP contribution in [0, 0.1) is 0 Å². The molecule has 2 aromatic carbocycles. The van der Waals surface area contributed by atoms with Gasteiger partial charge in [0, 0.05) is 22.5 Å². The van der Waals surface area contributed by atoms with Crippen LogP contribution in [-0.2, 0) is 16.6 Å². The SMILES string of the molecule is CCOC(=O)c1cc(C(C)(C)C)n(-c2ccc(C(=O)NCCc3cccc(Cl)c3)cc2)n1. The Kier molecular flexibility index (Phi) is 7.36. The van der Waals surface area contributed by atoms with E-state index >= 15 is 0 Å². The Morgan fingerprint density at radius 3 is 2.44 bits per heavy atom. The summed E-state index contributed by atoms with van der Waals surface area (Å²) in [5.41, 5.74) is 3.28. The highest BCUT2D eigenvalue weighted by Crippen LogP contribution is 2.26. The van der Waals surface area contributed by atoms with Gasteiger partial charge in [-0.05, 0) is 61.4 Å². The fourth-order valence-electron chi connectivity index (χ4n) is 3.29. The van der Waals surface area contributed by atoms with Gasteiger partial charge in [0.25, 0.3) is 5.91 Å². The van der Waals surface area contributed by atoms with Crippen LogP contribution < -0.4 is 5.32 Å². The third-order valence-electron chi connectivity index (χ3n) is 4.92. The molecule has 1 amide bonds. The minimum Gasteiger partial charge on any atom is -0.461 e. The van der Waals surface area contributed by atoms with Gasteiger partial charge >= 0.3 is 5.97 Å². The van der Waals surface area contributed by atoms with Crippen molar-refractivity contribution in [1.29, 1.82) is 0 Å². The largest absolute Gasteiger partial charge is 0.461 e. The Labute approximate surface area is 193 Å². The van der Waals surface area contributed by atoms with Gasteiger partial charge in [0.2, 0.25) is 0 Å². The zero-order chi connectivity index (χ0) is 23.3. The van der Waals surface area contributed by atoms with Crippen molar-refractivity contribution in [2.24, 2.45) is 0 Å². The minimum atomic E-state index is -0.451. The molecule has 1 N–H and O–H groups in total. The van der Waals surface area contributed by atoms with Crippen LogP contribution in [0.1, 0.15) is 59.8 Å². The fraction of sp³-hybridized carbons (Fsp3) is 0.320. The number of hydrogen-bond donors (Lipinski definition) is 1. The van der Waals surface area contributed by atoms with Crippen molar-refractivity contribution in [1.82, 2.24) is 15.1 Å². The summed E-state index contributed by atoms with van der Waals surface area (Å²) in [6, 6.07) is 16.5. The zero-order valence-electron chi connectivity index (χ0n) is 18.8. The Balaban J connectivity index is 1.73. The molecule has 168 valence electrons. The van der Waals surface area contributed by atoms with Gasteiger partial charge in [-0.3, -0.25) is 4.79 Å². The molecule has 0 radical (unpaired) electrons. The topological polar surface area (TPSA) is 73.2 Å². The van der Waals surface area contributed by atoms with E-state index in [4.69, 9.17) is 16.3 Å². The van der Waals surface area contributed by atoms with Gasteiger partial charge in [0.1, 0.15) is 0 Å². The smallest absolute Gasteiger partial charge is 0.358 e. The predicted octanol–water partition coefficient (Wildman–Crippen LogP) is 4.97. The highest BCUT2D eigenvalue weighted by Gasteiger charge is 2.24. The number of aromatic nitrogens is 2. The maximum atomic E-state index is 12.5. The Morgan fingerprint density at radius 2 is 1.81 bits per heavy atom. The molecule has 6 nitrogen and oxygen atoms in total. The molecule has 0 saturated carbocycles. The summed E-state index contributed by atoms with van der Waals surface area (Å²) in [6.45, 7) is 8.72. The van der Waals surface area contributed by atoms with Crippen molar-refractivity contribution in [3.05, 3.63) is 82.1 Å². The van der Waals surface area contributed by atoms with Crippen molar-refractivity contribution in [3.8, 4) is 5.69 Å². The number of nitrogens with one attached hydrogen (secondary N) is 1. The lowest BCUT2D eigenvalue weighted by Gasteiger charge is -2.20. The summed E-state index contributed by atoms with van der Waals surface area (Å²) in [7, 11) is 0. The second-order valence-electron chi connectivity index (χ2n) is 8.48. The van der Waals surface area contributed by atoms with Gasteiger partial charge in [-0.15, -0.1) is 0 Å². The average molecular weight is 454 g/mol. The molecule has 0 atom stereocenters. The number of halogens is 1. The molecule has 3 aromatic rings. The van der Waals surface area contributed by atoms with Gasteiger partial charge in [-0.1, -0.05) is 44.5 Å². The van der Waals surface area contributed by atoms with E-state index in [9.17, 15) is 9.59 Å². The number of benzene rings is 2. The van der Waals surface area contributed by atoms with Gasteiger partial charge in [0.15, 0.2) is 5.69 Å². The lowest BCUT2D eigenvalue weighted by molar-refractivity contribution is 0.0518. The van der Waals surface area contributed by atoms with Crippen LogP contribution >= 0.6 is 11.6 Å². The van der Waals surface area contributed by atoms with Crippen LogP contribution in [0.5, 0.6) is 0 Å². The number of amides is 1. The summed E-state index contributed by atoms with van der Waals surface area (Å²) >= 11 is 6.00. The van der Waals surface area contributed by atoms with Crippen LogP contribution in [0.15, 0.2) is 54.6 Å². The minimum absolute atomic E-state index is 0.151. The summed E-state index contributed by atoms with van der Waals surface area (Å²) < 4.78 is 6.83. The first kappa shape index (κ1) is 23.5. The first-order chi connectivity index (χ1) is 15.2. The molecular weight excluding hydrogens is 426 g/mol. The van der Waals surface area contributed by atoms with Crippen LogP contribution in [0.2, 0.25) is 5.02 Å². The quantitative estimate of drug-likeness (QED) is 0.512. The molecule has 32 heavy (non-hydrogen) atoms. The molecule has 1 heterocycles. The average Bonchev–Trinajstić information content (AvgIpc) is 3.20. The Morgan fingerprint density at radius 1 is 1.09 bits per heavy atom. The molecule has 0 saturated heterocycles. The normalized spacial score (nSPS) is 11.3. The Bertz CT molecular complexity index is 1100. The van der Waals surface area contributed by atoms with E-state index < -0.39 is 5.97 Å². The molecule has 0 aliphatic heterocycles. The van der Waals surface area contributed by atoms with E-state index in [0.717, 1.165) is 16.9 Å². The number of nitrogens with zero attached hydrogens (tertiary/aromatic N) is 2. The van der Waals surface area contributed by atoms with E-state index in [2.05, 4.69) is 31.2 Å². The highest BCUT2D eigenvalue weighted by molar-refractivity contribution is 6.30. The zero-order valence-corrected chi connectivity index (χ0v) is 19.6. The third-order valence-corrected chi connectivity index (χ3v) is 5.16. The van der Waals surface area contributed by atoms with Crippen molar-refractivity contribution in [2.45, 2.75) is 39.5 Å². The van der Waals surface area contributed by atoms with Crippen LogP contribution in [0.4, 0.5) is 0 Å². The van der Waals surface area contributed by atoms with Gasteiger partial charge in [-0.2, -0.15) is 5.10 Å². The molecule has 0 aliphatic carbocycles. The molecule has 0 bridgehead atoms. The molecule has 0 spiro atoms. The monoisotopic (exact) mass is 453 g/mol. The van der Waals surface area contributed by atoms with E-state index in [1.807, 2.05) is 36.4 Å². The van der Waals surface area contributed by atoms with E-state index in [-0.39, 0.29) is 23.6 Å². The summed E-state index contributed by atoms with van der Waals surface area (Å²) in [6.07, 6.45) is 0.698. The van der Waals surface area contributed by atoms with Crippen molar-refractivity contribution in [2.75, 3.05) is 13.2 Å². The second kappa shape index (κ2) is 10.0. The predicted molar refractivity (Wildman–Crippen MR) is 126 cm³/mol. The number of carbonyl (C=O) groups is 2. The van der Waals surface area contributed by atoms with Crippen molar-refractivity contribution < 1.29 is 14.3 Å². The van der Waals surface area contributed by atoms with Crippen LogP contribution in [0.25, 0.3) is 5.69 Å². The number of esters is 1.